The van der Waals surface area contributed by atoms with Gasteiger partial charge in [-0.1, -0.05) is 0 Å². The van der Waals surface area contributed by atoms with Crippen molar-refractivity contribution >= 4 is 17.9 Å². The summed E-state index contributed by atoms with van der Waals surface area (Å²) in [4.78, 5) is 13.3. The van der Waals surface area contributed by atoms with Crippen LogP contribution in [0.1, 0.15) is 20.3 Å². The highest BCUT2D eigenvalue weighted by atomic mass is 32.2. The molecule has 4 heteroatoms. The first kappa shape index (κ1) is 10.7. The lowest BCUT2D eigenvalue weighted by molar-refractivity contribution is 0.0791. The van der Waals surface area contributed by atoms with Gasteiger partial charge in [-0.15, -0.1) is 0 Å². The molecule has 1 amide bonds. The maximum absolute atomic E-state index is 11.5. The molecule has 1 saturated heterocycles. The van der Waals surface area contributed by atoms with Crippen molar-refractivity contribution in [3.05, 3.63) is 0 Å². The molecule has 0 atom stereocenters. The highest BCUT2D eigenvalue weighted by Crippen LogP contribution is 2.11. The molecule has 1 aliphatic rings. The summed E-state index contributed by atoms with van der Waals surface area (Å²) in [6.07, 6.45) is 0.915. The molecule has 0 aromatic heterocycles. The lowest BCUT2D eigenvalue weighted by Gasteiger charge is -2.20. The van der Waals surface area contributed by atoms with Gasteiger partial charge in [-0.3, -0.25) is 0 Å². The monoisotopic (exact) mass is 203 g/mol. The summed E-state index contributed by atoms with van der Waals surface area (Å²) in [5.74, 6) is 2.19. The molecule has 0 aliphatic carbocycles. The summed E-state index contributed by atoms with van der Waals surface area (Å²) in [5.41, 5.74) is 0. The van der Waals surface area contributed by atoms with Crippen molar-refractivity contribution in [2.75, 3.05) is 24.6 Å². The van der Waals surface area contributed by atoms with Crippen molar-refractivity contribution in [2.24, 2.45) is 0 Å². The number of thioether (sulfide) groups is 1. The smallest absolute Gasteiger partial charge is 0.410 e. The van der Waals surface area contributed by atoms with Gasteiger partial charge in [0.1, 0.15) is 0 Å². The first-order chi connectivity index (χ1) is 6.20. The third-order valence-corrected chi connectivity index (χ3v) is 2.87. The van der Waals surface area contributed by atoms with Gasteiger partial charge in [-0.2, -0.15) is 11.8 Å². The Kier molecular flexibility index (Phi) is 4.42. The lowest BCUT2D eigenvalue weighted by atomic mass is 10.4. The second-order valence-corrected chi connectivity index (χ2v) is 4.61. The first-order valence-corrected chi connectivity index (χ1v) is 5.89. The standard InChI is InChI=1S/C9H17NO2S/c1-8(2)12-9(11)10-4-3-6-13-7-5-10/h8H,3-7H2,1-2H3. The number of nitrogens with zero attached hydrogens (tertiary/aromatic N) is 1. The minimum atomic E-state index is -0.155. The minimum absolute atomic E-state index is 0.0107. The van der Waals surface area contributed by atoms with E-state index in [0.29, 0.717) is 0 Å². The fourth-order valence-electron chi connectivity index (χ4n) is 1.20. The van der Waals surface area contributed by atoms with Crippen molar-refractivity contribution in [3.8, 4) is 0 Å². The van der Waals surface area contributed by atoms with Gasteiger partial charge in [-0.25, -0.2) is 4.79 Å². The SMILES string of the molecule is CC(C)OC(=O)N1CCCSCC1. The van der Waals surface area contributed by atoms with Gasteiger partial charge >= 0.3 is 6.09 Å². The zero-order chi connectivity index (χ0) is 9.68. The van der Waals surface area contributed by atoms with E-state index in [4.69, 9.17) is 4.74 Å². The lowest BCUT2D eigenvalue weighted by Crippen LogP contribution is -2.34. The van der Waals surface area contributed by atoms with Crippen LogP contribution in [0.15, 0.2) is 0 Å². The molecule has 0 radical (unpaired) electrons. The van der Waals surface area contributed by atoms with E-state index in [9.17, 15) is 4.79 Å². The van der Waals surface area contributed by atoms with Crippen molar-refractivity contribution < 1.29 is 9.53 Å². The molecule has 0 aromatic rings. The summed E-state index contributed by atoms with van der Waals surface area (Å²) in [7, 11) is 0. The van der Waals surface area contributed by atoms with E-state index in [1.807, 2.05) is 25.6 Å². The summed E-state index contributed by atoms with van der Waals surface area (Å²) in [6.45, 7) is 5.43. The first-order valence-electron chi connectivity index (χ1n) is 4.73. The third-order valence-electron chi connectivity index (χ3n) is 1.82. The summed E-state index contributed by atoms with van der Waals surface area (Å²) in [6, 6.07) is 0. The van der Waals surface area contributed by atoms with E-state index in [1.54, 1.807) is 4.90 Å². The summed E-state index contributed by atoms with van der Waals surface area (Å²) in [5, 5.41) is 0. The molecule has 1 heterocycles. The van der Waals surface area contributed by atoms with E-state index in [1.165, 1.54) is 0 Å². The van der Waals surface area contributed by atoms with Crippen LogP contribution in [0.5, 0.6) is 0 Å². The van der Waals surface area contributed by atoms with Crippen LogP contribution >= 0.6 is 11.8 Å². The Bertz CT molecular complexity index is 165. The van der Waals surface area contributed by atoms with Gasteiger partial charge in [0.2, 0.25) is 0 Å². The van der Waals surface area contributed by atoms with E-state index in [0.717, 1.165) is 31.0 Å². The quantitative estimate of drug-likeness (QED) is 0.652. The fraction of sp³-hybridized carbons (Fsp3) is 0.889. The van der Waals surface area contributed by atoms with Crippen molar-refractivity contribution in [3.63, 3.8) is 0 Å². The number of amides is 1. The maximum Gasteiger partial charge on any atom is 0.410 e. The number of rotatable bonds is 1. The molecule has 0 spiro atoms. The number of ether oxygens (including phenoxy) is 1. The molecule has 1 fully saturated rings. The van der Waals surface area contributed by atoms with Crippen LogP contribution in [0, 0.1) is 0 Å². The predicted octanol–water partition coefficient (Wildman–Crippen LogP) is 1.97. The predicted molar refractivity (Wildman–Crippen MR) is 55.1 cm³/mol. The van der Waals surface area contributed by atoms with E-state index in [-0.39, 0.29) is 12.2 Å². The number of hydrogen-bond donors (Lipinski definition) is 0. The molecule has 0 unspecified atom stereocenters. The van der Waals surface area contributed by atoms with Gasteiger partial charge in [0.25, 0.3) is 0 Å². The average molecular weight is 203 g/mol. The van der Waals surface area contributed by atoms with Crippen molar-refractivity contribution in [1.29, 1.82) is 0 Å². The summed E-state index contributed by atoms with van der Waals surface area (Å²) >= 11 is 1.91. The van der Waals surface area contributed by atoms with Crippen LogP contribution in [0.4, 0.5) is 4.79 Å². The zero-order valence-corrected chi connectivity index (χ0v) is 9.10. The van der Waals surface area contributed by atoms with Gasteiger partial charge in [-0.05, 0) is 26.0 Å². The molecule has 0 bridgehead atoms. The average Bonchev–Trinajstić information content (AvgIpc) is 2.29. The maximum atomic E-state index is 11.5. The van der Waals surface area contributed by atoms with E-state index in [2.05, 4.69) is 0 Å². The van der Waals surface area contributed by atoms with E-state index < -0.39 is 0 Å². The van der Waals surface area contributed by atoms with Gasteiger partial charge in [0.05, 0.1) is 6.10 Å². The fourth-order valence-corrected chi connectivity index (χ4v) is 2.09. The third kappa shape index (κ3) is 3.89. The number of carbonyl (C=O) groups excluding carboxylic acids is 1. The molecule has 1 rings (SSSR count). The Morgan fingerprint density at radius 2 is 2.15 bits per heavy atom. The normalized spacial score (nSPS) is 18.5. The van der Waals surface area contributed by atoms with Crippen molar-refractivity contribution in [2.45, 2.75) is 26.4 Å². The van der Waals surface area contributed by atoms with Gasteiger partial charge in [0.15, 0.2) is 0 Å². The number of carbonyl (C=O) groups is 1. The van der Waals surface area contributed by atoms with Gasteiger partial charge < -0.3 is 9.64 Å². The molecule has 13 heavy (non-hydrogen) atoms. The Morgan fingerprint density at radius 1 is 1.38 bits per heavy atom. The Morgan fingerprint density at radius 3 is 2.85 bits per heavy atom. The Balaban J connectivity index is 2.35. The largest absolute Gasteiger partial charge is 0.447 e. The van der Waals surface area contributed by atoms with E-state index >= 15 is 0 Å². The molecular weight excluding hydrogens is 186 g/mol. The Labute approximate surface area is 83.8 Å². The molecule has 0 saturated carbocycles. The Hall–Kier alpha value is -0.380. The molecule has 1 aliphatic heterocycles. The van der Waals surface area contributed by atoms with Gasteiger partial charge in [0, 0.05) is 18.8 Å². The molecule has 3 nitrogen and oxygen atoms in total. The molecule has 76 valence electrons. The molecule has 0 N–H and O–H groups in total. The zero-order valence-electron chi connectivity index (χ0n) is 8.28. The minimum Gasteiger partial charge on any atom is -0.447 e. The van der Waals surface area contributed by atoms with Crippen molar-refractivity contribution in [1.82, 2.24) is 4.90 Å². The van der Waals surface area contributed by atoms with Crippen LogP contribution in [0.25, 0.3) is 0 Å². The molecule has 0 aromatic carbocycles. The van der Waals surface area contributed by atoms with Crippen LogP contribution < -0.4 is 0 Å². The highest BCUT2D eigenvalue weighted by Gasteiger charge is 2.17. The highest BCUT2D eigenvalue weighted by molar-refractivity contribution is 7.99. The topological polar surface area (TPSA) is 29.5 Å². The second-order valence-electron chi connectivity index (χ2n) is 3.39. The van der Waals surface area contributed by atoms with Crippen LogP contribution in [0.3, 0.4) is 0 Å². The van der Waals surface area contributed by atoms with Crippen LogP contribution in [0.2, 0.25) is 0 Å². The number of hydrogen-bond acceptors (Lipinski definition) is 3. The molecular formula is C9H17NO2S. The van der Waals surface area contributed by atoms with Crippen LogP contribution in [-0.4, -0.2) is 41.7 Å². The summed E-state index contributed by atoms with van der Waals surface area (Å²) < 4.78 is 5.12. The second kappa shape index (κ2) is 5.37. The van der Waals surface area contributed by atoms with Crippen LogP contribution in [-0.2, 0) is 4.74 Å².